The van der Waals surface area contributed by atoms with Gasteiger partial charge < -0.3 is 15.5 Å². The molecule has 3 rings (SSSR count). The fourth-order valence-electron chi connectivity index (χ4n) is 3.42. The maximum Gasteiger partial charge on any atom is 0.259 e. The van der Waals surface area contributed by atoms with Crippen molar-refractivity contribution in [1.82, 2.24) is 4.98 Å². The van der Waals surface area contributed by atoms with E-state index in [0.717, 1.165) is 55.1 Å². The molecule has 1 aliphatic heterocycles. The lowest BCUT2D eigenvalue weighted by atomic mass is 9.99. The van der Waals surface area contributed by atoms with Crippen molar-refractivity contribution in [2.45, 2.75) is 33.1 Å². The molecule has 1 aromatic carbocycles. The zero-order valence-corrected chi connectivity index (χ0v) is 17.5. The van der Waals surface area contributed by atoms with Crippen molar-refractivity contribution in [1.29, 1.82) is 0 Å². The summed E-state index contributed by atoms with van der Waals surface area (Å²) in [4.78, 5) is 21.5. The smallest absolute Gasteiger partial charge is 0.259 e. The summed E-state index contributed by atoms with van der Waals surface area (Å²) in [5.41, 5.74) is 9.47. The third kappa shape index (κ3) is 4.85. The van der Waals surface area contributed by atoms with E-state index in [1.54, 1.807) is 6.20 Å². The number of benzene rings is 1. The first-order chi connectivity index (χ1) is 12.2. The lowest BCUT2D eigenvalue weighted by molar-refractivity contribution is 0.0985. The highest BCUT2D eigenvalue weighted by atomic mass is 35.5. The molecule has 5 nitrogen and oxygen atoms in total. The second kappa shape index (κ2) is 10.4. The average Bonchev–Trinajstić information content (AvgIpc) is 2.66. The predicted molar refractivity (Wildman–Crippen MR) is 118 cm³/mol. The number of anilines is 3. The molecule has 27 heavy (non-hydrogen) atoms. The minimum Gasteiger partial charge on any atom is -0.398 e. The van der Waals surface area contributed by atoms with Crippen LogP contribution in [0.25, 0.3) is 0 Å². The summed E-state index contributed by atoms with van der Waals surface area (Å²) in [6, 6.07) is 9.60. The maximum absolute atomic E-state index is 13.0. The van der Waals surface area contributed by atoms with Gasteiger partial charge in [-0.25, -0.2) is 4.98 Å². The van der Waals surface area contributed by atoms with Gasteiger partial charge in [0.2, 0.25) is 0 Å². The van der Waals surface area contributed by atoms with Gasteiger partial charge >= 0.3 is 0 Å². The summed E-state index contributed by atoms with van der Waals surface area (Å²) in [6.45, 7) is 6.86. The molecule has 2 aromatic rings. The van der Waals surface area contributed by atoms with E-state index in [1.165, 1.54) is 0 Å². The van der Waals surface area contributed by atoms with Gasteiger partial charge in [0.1, 0.15) is 5.82 Å². The van der Waals surface area contributed by atoms with Crippen LogP contribution in [0.2, 0.25) is 0 Å². The Balaban J connectivity index is 0.00000182. The number of amides is 1. The van der Waals surface area contributed by atoms with E-state index in [0.29, 0.717) is 12.1 Å². The van der Waals surface area contributed by atoms with E-state index in [-0.39, 0.29) is 30.7 Å². The number of hydrogen-bond acceptors (Lipinski definition) is 4. The van der Waals surface area contributed by atoms with Gasteiger partial charge in [-0.3, -0.25) is 4.79 Å². The largest absolute Gasteiger partial charge is 0.398 e. The molecule has 148 valence electrons. The van der Waals surface area contributed by atoms with Crippen LogP contribution in [-0.4, -0.2) is 30.5 Å². The Morgan fingerprint density at radius 3 is 2.63 bits per heavy atom. The van der Waals surface area contributed by atoms with Gasteiger partial charge in [0, 0.05) is 37.2 Å². The van der Waals surface area contributed by atoms with Crippen molar-refractivity contribution in [3.8, 4) is 0 Å². The zero-order chi connectivity index (χ0) is 17.8. The Labute approximate surface area is 173 Å². The monoisotopic (exact) mass is 410 g/mol. The molecule has 0 fully saturated rings. The van der Waals surface area contributed by atoms with Crippen LogP contribution in [0.15, 0.2) is 36.5 Å². The number of aromatic nitrogens is 1. The van der Waals surface area contributed by atoms with Crippen LogP contribution >= 0.6 is 24.8 Å². The van der Waals surface area contributed by atoms with Crippen molar-refractivity contribution in [2.75, 3.05) is 35.2 Å². The second-order valence-corrected chi connectivity index (χ2v) is 6.39. The Bertz CT molecular complexity index is 752. The molecule has 1 aromatic heterocycles. The van der Waals surface area contributed by atoms with E-state index in [4.69, 9.17) is 5.73 Å². The maximum atomic E-state index is 13.0. The second-order valence-electron chi connectivity index (χ2n) is 6.39. The molecule has 0 atom stereocenters. The minimum atomic E-state index is -0.0101. The molecule has 2 N–H and O–H groups in total. The van der Waals surface area contributed by atoms with E-state index in [1.807, 2.05) is 35.2 Å². The lowest BCUT2D eigenvalue weighted by Crippen LogP contribution is -2.36. The number of carbonyl (C=O) groups excluding carboxylic acids is 1. The molecular formula is C20H28Cl2N4O. The zero-order valence-electron chi connectivity index (χ0n) is 15.9. The van der Waals surface area contributed by atoms with E-state index in [9.17, 15) is 4.79 Å². The highest BCUT2D eigenvalue weighted by Crippen LogP contribution is 2.32. The molecule has 1 aliphatic rings. The van der Waals surface area contributed by atoms with Gasteiger partial charge in [-0.15, -0.1) is 24.8 Å². The summed E-state index contributed by atoms with van der Waals surface area (Å²) >= 11 is 0. The summed E-state index contributed by atoms with van der Waals surface area (Å²) in [6.07, 6.45) is 4.61. The molecule has 7 heteroatoms. The Kier molecular flexibility index (Phi) is 8.86. The van der Waals surface area contributed by atoms with Crippen LogP contribution in [0, 0.1) is 0 Å². The van der Waals surface area contributed by atoms with Gasteiger partial charge in [-0.05, 0) is 56.0 Å². The molecule has 0 spiro atoms. The topological polar surface area (TPSA) is 62.5 Å². The SMILES string of the molecule is CCCN(CC)c1ccc(C(=O)N2CCCc3c(N)cccc32)cn1.Cl.Cl. The molecule has 0 saturated carbocycles. The first-order valence-corrected chi connectivity index (χ1v) is 9.06. The lowest BCUT2D eigenvalue weighted by Gasteiger charge is -2.30. The number of carbonyl (C=O) groups is 1. The molecular weight excluding hydrogens is 383 g/mol. The summed E-state index contributed by atoms with van der Waals surface area (Å²) < 4.78 is 0. The Hall–Kier alpha value is -1.98. The minimum absolute atomic E-state index is 0. The quantitative estimate of drug-likeness (QED) is 0.744. The molecule has 2 heterocycles. The number of fused-ring (bicyclic) bond motifs is 1. The number of hydrogen-bond donors (Lipinski definition) is 1. The van der Waals surface area contributed by atoms with Gasteiger partial charge in [-0.1, -0.05) is 13.0 Å². The van der Waals surface area contributed by atoms with Gasteiger partial charge in [-0.2, -0.15) is 0 Å². The standard InChI is InChI=1S/C20H26N4O.2ClH/c1-3-12-23(4-2)19-11-10-15(14-22-19)20(25)24-13-6-7-16-17(21)8-5-9-18(16)24;;/h5,8-11,14H,3-4,6-7,12-13,21H2,1-2H3;2*1H. The van der Waals surface area contributed by atoms with Crippen LogP contribution < -0.4 is 15.5 Å². The number of rotatable bonds is 5. The molecule has 0 aliphatic carbocycles. The highest BCUT2D eigenvalue weighted by Gasteiger charge is 2.25. The van der Waals surface area contributed by atoms with Crippen molar-refractivity contribution in [2.24, 2.45) is 0 Å². The first-order valence-electron chi connectivity index (χ1n) is 9.06. The van der Waals surface area contributed by atoms with Crippen molar-refractivity contribution >= 4 is 47.9 Å². The first kappa shape index (κ1) is 23.1. The molecule has 0 saturated heterocycles. The van der Waals surface area contributed by atoms with Crippen LogP contribution in [0.3, 0.4) is 0 Å². The Morgan fingerprint density at radius 2 is 2.00 bits per heavy atom. The number of nitrogens with two attached hydrogens (primary N) is 1. The number of pyridine rings is 1. The van der Waals surface area contributed by atoms with Gasteiger partial charge in [0.05, 0.1) is 5.56 Å². The third-order valence-electron chi connectivity index (χ3n) is 4.73. The van der Waals surface area contributed by atoms with Gasteiger partial charge in [0.15, 0.2) is 0 Å². The van der Waals surface area contributed by atoms with Crippen LogP contribution in [0.1, 0.15) is 42.6 Å². The van der Waals surface area contributed by atoms with Crippen LogP contribution in [0.5, 0.6) is 0 Å². The molecule has 0 bridgehead atoms. The normalized spacial score (nSPS) is 12.4. The number of halogens is 2. The fraction of sp³-hybridized carbons (Fsp3) is 0.400. The number of nitrogen functional groups attached to an aromatic ring is 1. The van der Waals surface area contributed by atoms with Crippen molar-refractivity contribution in [3.63, 3.8) is 0 Å². The van der Waals surface area contributed by atoms with Gasteiger partial charge in [0.25, 0.3) is 5.91 Å². The van der Waals surface area contributed by atoms with E-state index >= 15 is 0 Å². The molecule has 1 amide bonds. The predicted octanol–water partition coefficient (Wildman–Crippen LogP) is 4.34. The molecule has 0 unspecified atom stereocenters. The van der Waals surface area contributed by atoms with E-state index in [2.05, 4.69) is 23.7 Å². The number of nitrogens with zero attached hydrogens (tertiary/aromatic N) is 3. The van der Waals surface area contributed by atoms with Crippen LogP contribution in [-0.2, 0) is 6.42 Å². The van der Waals surface area contributed by atoms with E-state index < -0.39 is 0 Å². The summed E-state index contributed by atoms with van der Waals surface area (Å²) in [5, 5.41) is 0. The van der Waals surface area contributed by atoms with Crippen molar-refractivity contribution in [3.05, 3.63) is 47.7 Å². The highest BCUT2D eigenvalue weighted by molar-refractivity contribution is 6.07. The molecule has 0 radical (unpaired) electrons. The fourth-order valence-corrected chi connectivity index (χ4v) is 3.42. The Morgan fingerprint density at radius 1 is 1.22 bits per heavy atom. The summed E-state index contributed by atoms with van der Waals surface area (Å²) in [5.74, 6) is 0.910. The van der Waals surface area contributed by atoms with Crippen LogP contribution in [0.4, 0.5) is 17.2 Å². The third-order valence-corrected chi connectivity index (χ3v) is 4.73. The summed E-state index contributed by atoms with van der Waals surface area (Å²) in [7, 11) is 0. The van der Waals surface area contributed by atoms with Crippen molar-refractivity contribution < 1.29 is 4.79 Å². The average molecular weight is 411 g/mol.